The van der Waals surface area contributed by atoms with Crippen LogP contribution in [0.3, 0.4) is 0 Å². The summed E-state index contributed by atoms with van der Waals surface area (Å²) in [7, 11) is -4.00. The normalized spacial score (nSPS) is 11.2. The number of amides is 1. The van der Waals surface area contributed by atoms with E-state index in [2.05, 4.69) is 5.32 Å². The molecule has 1 amide bonds. The van der Waals surface area contributed by atoms with Gasteiger partial charge in [-0.15, -0.1) is 0 Å². The van der Waals surface area contributed by atoms with E-state index in [0.29, 0.717) is 11.3 Å². The molecule has 3 rings (SSSR count). The maximum absolute atomic E-state index is 13.9. The Balaban J connectivity index is 1.92. The minimum atomic E-state index is -4.00. The molecule has 0 aliphatic rings. The van der Waals surface area contributed by atoms with Gasteiger partial charge in [0.1, 0.15) is 12.4 Å². The molecule has 7 heteroatoms. The number of halogens is 1. The summed E-state index contributed by atoms with van der Waals surface area (Å²) >= 11 is 0. The van der Waals surface area contributed by atoms with Crippen molar-refractivity contribution < 1.29 is 17.6 Å². The van der Waals surface area contributed by atoms with Crippen LogP contribution in [-0.2, 0) is 21.4 Å². The summed E-state index contributed by atoms with van der Waals surface area (Å²) in [6.45, 7) is 5.12. The van der Waals surface area contributed by atoms with Crippen molar-refractivity contribution in [2.45, 2.75) is 32.2 Å². The highest BCUT2D eigenvalue weighted by Crippen LogP contribution is 2.28. The lowest BCUT2D eigenvalue weighted by Gasteiger charge is -2.26. The Kier molecular flexibility index (Phi) is 6.75. The summed E-state index contributed by atoms with van der Waals surface area (Å²) in [5.41, 5.74) is 3.37. The number of carbonyl (C=O) groups excluding carboxylic acids is 1. The third-order valence-corrected chi connectivity index (χ3v) is 6.95. The van der Waals surface area contributed by atoms with Crippen molar-refractivity contribution in [3.05, 3.63) is 94.8 Å². The molecule has 0 heterocycles. The van der Waals surface area contributed by atoms with Crippen molar-refractivity contribution in [3.63, 3.8) is 0 Å². The van der Waals surface area contributed by atoms with Gasteiger partial charge in [0.2, 0.25) is 5.91 Å². The number of nitrogens with one attached hydrogen (secondary N) is 1. The van der Waals surface area contributed by atoms with Crippen molar-refractivity contribution in [2.24, 2.45) is 0 Å². The van der Waals surface area contributed by atoms with Crippen molar-refractivity contribution in [3.8, 4) is 0 Å². The molecular weight excluding hydrogens is 415 g/mol. The van der Waals surface area contributed by atoms with Gasteiger partial charge in [-0.05, 0) is 56.2 Å². The summed E-state index contributed by atoms with van der Waals surface area (Å²) < 4.78 is 41.9. The van der Waals surface area contributed by atoms with Gasteiger partial charge in [-0.2, -0.15) is 0 Å². The number of aryl methyl sites for hydroxylation is 2. The molecule has 0 radical (unpaired) electrons. The molecule has 3 aromatic carbocycles. The fourth-order valence-corrected chi connectivity index (χ4v) is 4.64. The molecule has 0 fully saturated rings. The Morgan fingerprint density at radius 2 is 1.61 bits per heavy atom. The zero-order chi connectivity index (χ0) is 22.6. The maximum Gasteiger partial charge on any atom is 0.264 e. The first-order valence-electron chi connectivity index (χ1n) is 9.86. The van der Waals surface area contributed by atoms with Crippen LogP contribution in [0.15, 0.2) is 71.6 Å². The van der Waals surface area contributed by atoms with E-state index in [9.17, 15) is 17.6 Å². The molecule has 31 heavy (non-hydrogen) atoms. The fourth-order valence-electron chi connectivity index (χ4n) is 3.16. The van der Waals surface area contributed by atoms with E-state index in [1.807, 2.05) is 26.8 Å². The number of anilines is 1. The maximum atomic E-state index is 13.9. The minimum Gasteiger partial charge on any atom is -0.350 e. The predicted molar refractivity (Wildman–Crippen MR) is 120 cm³/mol. The van der Waals surface area contributed by atoms with Crippen molar-refractivity contribution >= 4 is 21.6 Å². The van der Waals surface area contributed by atoms with Crippen molar-refractivity contribution in [1.29, 1.82) is 0 Å². The fraction of sp³-hybridized carbons (Fsp3) is 0.208. The highest BCUT2D eigenvalue weighted by molar-refractivity contribution is 7.92. The average molecular weight is 441 g/mol. The Morgan fingerprint density at radius 3 is 2.29 bits per heavy atom. The third kappa shape index (κ3) is 5.11. The number of sulfonamides is 1. The van der Waals surface area contributed by atoms with Crippen molar-refractivity contribution in [2.75, 3.05) is 10.8 Å². The van der Waals surface area contributed by atoms with Gasteiger partial charge in [-0.3, -0.25) is 9.10 Å². The number of benzene rings is 3. The first kappa shape index (κ1) is 22.5. The largest absolute Gasteiger partial charge is 0.350 e. The van der Waals surface area contributed by atoms with Gasteiger partial charge in [0, 0.05) is 12.1 Å². The molecule has 0 unspecified atom stereocenters. The van der Waals surface area contributed by atoms with Crippen LogP contribution < -0.4 is 9.62 Å². The van der Waals surface area contributed by atoms with E-state index < -0.39 is 28.3 Å². The number of carbonyl (C=O) groups is 1. The van der Waals surface area contributed by atoms with Gasteiger partial charge >= 0.3 is 0 Å². The van der Waals surface area contributed by atoms with E-state index in [1.54, 1.807) is 42.5 Å². The van der Waals surface area contributed by atoms with E-state index >= 15 is 0 Å². The van der Waals surface area contributed by atoms with Gasteiger partial charge in [-0.25, -0.2) is 12.8 Å². The topological polar surface area (TPSA) is 66.5 Å². The summed E-state index contributed by atoms with van der Waals surface area (Å²) in [6, 6.07) is 17.9. The van der Waals surface area contributed by atoms with E-state index in [0.717, 1.165) is 21.0 Å². The molecule has 0 aliphatic carbocycles. The second-order valence-corrected chi connectivity index (χ2v) is 9.27. The molecule has 0 saturated carbocycles. The first-order chi connectivity index (χ1) is 14.7. The van der Waals surface area contributed by atoms with Crippen LogP contribution in [0.1, 0.15) is 22.3 Å². The molecule has 0 bridgehead atoms. The number of hydrogen-bond acceptors (Lipinski definition) is 3. The second-order valence-electron chi connectivity index (χ2n) is 7.41. The SMILES string of the molecule is Cc1ccc(S(=O)(=O)N(CC(=O)NCc2ccccc2F)c2cccc(C)c2C)cc1. The zero-order valence-electron chi connectivity index (χ0n) is 17.7. The van der Waals surface area contributed by atoms with Crippen LogP contribution in [-0.4, -0.2) is 20.9 Å². The Labute approximate surface area is 182 Å². The second kappa shape index (κ2) is 9.31. The summed E-state index contributed by atoms with van der Waals surface area (Å²) in [5, 5.41) is 2.62. The Hall–Kier alpha value is -3.19. The van der Waals surface area contributed by atoms with Gasteiger partial charge in [0.15, 0.2) is 0 Å². The van der Waals surface area contributed by atoms with Crippen LogP contribution in [0.4, 0.5) is 10.1 Å². The zero-order valence-corrected chi connectivity index (χ0v) is 18.5. The highest BCUT2D eigenvalue weighted by atomic mass is 32.2. The van der Waals surface area contributed by atoms with Gasteiger partial charge in [0.25, 0.3) is 10.0 Å². The van der Waals surface area contributed by atoms with E-state index in [-0.39, 0.29) is 11.4 Å². The van der Waals surface area contributed by atoms with Crippen LogP contribution in [0.25, 0.3) is 0 Å². The summed E-state index contributed by atoms with van der Waals surface area (Å²) in [4.78, 5) is 12.8. The Bertz CT molecular complexity index is 1190. The number of hydrogen-bond donors (Lipinski definition) is 1. The molecule has 5 nitrogen and oxygen atoms in total. The monoisotopic (exact) mass is 440 g/mol. The summed E-state index contributed by atoms with van der Waals surface area (Å²) in [5.74, 6) is -0.957. The average Bonchev–Trinajstić information content (AvgIpc) is 2.74. The van der Waals surface area contributed by atoms with Crippen LogP contribution in [0, 0.1) is 26.6 Å². The van der Waals surface area contributed by atoms with Gasteiger partial charge in [-0.1, -0.05) is 48.0 Å². The lowest BCUT2D eigenvalue weighted by Crippen LogP contribution is -2.41. The molecule has 0 atom stereocenters. The smallest absolute Gasteiger partial charge is 0.264 e. The Morgan fingerprint density at radius 1 is 0.935 bits per heavy atom. The molecule has 0 spiro atoms. The summed E-state index contributed by atoms with van der Waals surface area (Å²) in [6.07, 6.45) is 0. The molecular formula is C24H25FN2O3S. The molecule has 0 aromatic heterocycles. The van der Waals surface area contributed by atoms with Gasteiger partial charge in [0.05, 0.1) is 10.6 Å². The minimum absolute atomic E-state index is 0.0310. The number of nitrogens with zero attached hydrogens (tertiary/aromatic N) is 1. The van der Waals surface area contributed by atoms with E-state index in [1.165, 1.54) is 18.2 Å². The van der Waals surface area contributed by atoms with Gasteiger partial charge < -0.3 is 5.32 Å². The third-order valence-electron chi connectivity index (χ3n) is 5.17. The van der Waals surface area contributed by atoms with Crippen LogP contribution in [0.5, 0.6) is 0 Å². The lowest BCUT2D eigenvalue weighted by atomic mass is 10.1. The van der Waals surface area contributed by atoms with Crippen LogP contribution >= 0.6 is 0 Å². The first-order valence-corrected chi connectivity index (χ1v) is 11.3. The number of rotatable bonds is 7. The molecule has 0 saturated heterocycles. The standard InChI is InChI=1S/C24H25FN2O3S/c1-17-11-13-21(14-12-17)31(29,30)27(23-10-6-7-18(2)19(23)3)16-24(28)26-15-20-8-4-5-9-22(20)25/h4-14H,15-16H2,1-3H3,(H,26,28). The quantitative estimate of drug-likeness (QED) is 0.597. The predicted octanol–water partition coefficient (Wildman–Crippen LogP) is 4.26. The molecule has 3 aromatic rings. The van der Waals surface area contributed by atoms with E-state index in [4.69, 9.17) is 0 Å². The highest BCUT2D eigenvalue weighted by Gasteiger charge is 2.28. The lowest BCUT2D eigenvalue weighted by molar-refractivity contribution is -0.119. The molecule has 0 aliphatic heterocycles. The molecule has 162 valence electrons. The molecule has 1 N–H and O–H groups in total. The van der Waals surface area contributed by atoms with Crippen LogP contribution in [0.2, 0.25) is 0 Å². The van der Waals surface area contributed by atoms with Crippen molar-refractivity contribution in [1.82, 2.24) is 5.32 Å².